The van der Waals surface area contributed by atoms with Crippen LogP contribution in [-0.2, 0) is 18.9 Å². The van der Waals surface area contributed by atoms with Gasteiger partial charge in [0.2, 0.25) is 0 Å². The Morgan fingerprint density at radius 2 is 0.460 bits per heavy atom. The first kappa shape index (κ1) is 71.3. The maximum absolute atomic E-state index is 12.1. The summed E-state index contributed by atoms with van der Waals surface area (Å²) in [6, 6.07) is 94.2. The molecule has 30 rings (SSSR count). The predicted octanol–water partition coefficient (Wildman–Crippen LogP) is 22.2. The highest BCUT2D eigenvalue weighted by molar-refractivity contribution is 6.36. The molecule has 0 radical (unpaired) electrons. The van der Waals surface area contributed by atoms with Crippen LogP contribution >= 0.6 is 0 Å². The Balaban J connectivity index is 0.0000000824. The minimum absolute atomic E-state index is 0.364. The molecule has 8 aliphatic rings. The van der Waals surface area contributed by atoms with Gasteiger partial charge >= 0.3 is 70.3 Å². The van der Waals surface area contributed by atoms with Crippen LogP contribution in [0.1, 0.15) is 82.9 Å². The van der Waals surface area contributed by atoms with Crippen LogP contribution in [0, 0.1) is 0 Å². The summed E-state index contributed by atoms with van der Waals surface area (Å²) >= 11 is 0. The summed E-state index contributed by atoms with van der Waals surface area (Å²) in [6.07, 6.45) is 0. The fraction of sp³-hybridized carbons (Fsp3) is 0. The van der Waals surface area contributed by atoms with Gasteiger partial charge in [-0.1, -0.05) is 249 Å². The summed E-state index contributed by atoms with van der Waals surface area (Å²) in [6.45, 7) is 0. The van der Waals surface area contributed by atoms with E-state index in [9.17, 15) is 57.5 Å². The molecule has 22 aromatic rings. The van der Waals surface area contributed by atoms with Crippen molar-refractivity contribution >= 4 is 177 Å². The lowest BCUT2D eigenvalue weighted by Gasteiger charge is -2.16. The fourth-order valence-corrected chi connectivity index (χ4v) is 20.5. The molecular weight excluding hydrogens is 1590 g/mol. The minimum Gasteiger partial charge on any atom is -0.386 e. The maximum atomic E-state index is 12.1. The molecular formula is C108H48O18. The van der Waals surface area contributed by atoms with Gasteiger partial charge in [0.25, 0.3) is 0 Å². The van der Waals surface area contributed by atoms with Gasteiger partial charge in [-0.05, 0) is 228 Å². The average Bonchev–Trinajstić information content (AvgIpc) is 1.40. The van der Waals surface area contributed by atoms with Crippen molar-refractivity contribution in [2.24, 2.45) is 0 Å². The highest BCUT2D eigenvalue weighted by atomic mass is 16.6. The van der Waals surface area contributed by atoms with Gasteiger partial charge in [0, 0.05) is 10.9 Å². The number of rotatable bonds is 0. The van der Waals surface area contributed by atoms with E-state index in [-0.39, 0.29) is 0 Å². The van der Waals surface area contributed by atoms with Crippen molar-refractivity contribution in [2.75, 3.05) is 0 Å². The first-order valence-corrected chi connectivity index (χ1v) is 40.3. The molecule has 0 N–H and O–H groups in total. The molecule has 0 bridgehead atoms. The smallest absolute Gasteiger partial charge is 0.347 e. The molecule has 0 saturated carbocycles. The van der Waals surface area contributed by atoms with Crippen molar-refractivity contribution in [2.45, 2.75) is 0 Å². The topological polar surface area (TPSA) is 268 Å². The molecule has 588 valence electrons. The van der Waals surface area contributed by atoms with Crippen LogP contribution in [0.2, 0.25) is 0 Å². The van der Waals surface area contributed by atoms with Crippen LogP contribution in [0.25, 0.3) is 218 Å². The van der Waals surface area contributed by atoms with Gasteiger partial charge in [0.05, 0.1) is 66.1 Å². The quantitative estimate of drug-likeness (QED) is 0.0591. The monoisotopic (exact) mass is 1630 g/mol. The summed E-state index contributed by atoms with van der Waals surface area (Å²) < 4.78 is 28.7. The molecule has 0 fully saturated rings. The number of cyclic esters (lactones) is 8. The summed E-state index contributed by atoms with van der Waals surface area (Å²) in [5.41, 5.74) is 18.0. The molecule has 18 heteroatoms. The second kappa shape index (κ2) is 25.9. The van der Waals surface area contributed by atoms with E-state index < -0.39 is 70.3 Å². The molecule has 0 saturated heterocycles. The summed E-state index contributed by atoms with van der Waals surface area (Å²) in [5, 5.41) is 21.4. The van der Waals surface area contributed by atoms with Crippen LogP contribution in [-0.4, -0.2) is 47.8 Å². The largest absolute Gasteiger partial charge is 0.386 e. The number of carbonyl (C=O) groups is 8. The van der Waals surface area contributed by atoms with Crippen molar-refractivity contribution in [1.82, 2.24) is 0 Å². The number of fused-ring (bicyclic) bond motifs is 22. The van der Waals surface area contributed by atoms with E-state index in [2.05, 4.69) is 42.5 Å². The molecule has 0 atom stereocenters. The number of esters is 8. The fourth-order valence-electron chi connectivity index (χ4n) is 20.5. The Labute approximate surface area is 705 Å². The molecule has 4 aliphatic carbocycles. The maximum Gasteiger partial charge on any atom is 0.347 e. The highest BCUT2D eigenvalue weighted by Gasteiger charge is 2.40. The lowest BCUT2D eigenvalue weighted by molar-refractivity contribution is 0.0381. The lowest BCUT2D eigenvalue weighted by atomic mass is 9.91. The summed E-state index contributed by atoms with van der Waals surface area (Å²) in [7, 11) is 0. The van der Waals surface area contributed by atoms with E-state index in [0.717, 1.165) is 191 Å². The van der Waals surface area contributed by atoms with Crippen LogP contribution in [0.15, 0.2) is 319 Å². The van der Waals surface area contributed by atoms with Gasteiger partial charge in [-0.3, -0.25) is 0 Å². The Morgan fingerprint density at radius 3 is 1.02 bits per heavy atom. The van der Waals surface area contributed by atoms with Gasteiger partial charge in [-0.25, -0.2) is 57.5 Å². The highest BCUT2D eigenvalue weighted by Crippen LogP contribution is 2.55. The van der Waals surface area contributed by atoms with E-state index in [1.165, 1.54) is 5.39 Å². The van der Waals surface area contributed by atoms with Crippen molar-refractivity contribution in [1.29, 1.82) is 0 Å². The van der Waals surface area contributed by atoms with Crippen molar-refractivity contribution in [3.8, 4) is 89.0 Å². The first-order valence-electron chi connectivity index (χ1n) is 40.3. The van der Waals surface area contributed by atoms with Gasteiger partial charge in [0.15, 0.2) is 0 Å². The van der Waals surface area contributed by atoms with Crippen LogP contribution in [0.3, 0.4) is 0 Å². The third-order valence-corrected chi connectivity index (χ3v) is 25.6. The SMILES string of the molecule is O=C1OC(=O)c2c1cc1c3c(cccc23)-c2ccccc2-1.O=C1OC(=O)c2c1cc1cccc3c1c2-c1ccccc1-3.O=C1OC(=O)c2cc3c(cc21)-c1cccc2cccc-3c12.O=C1OC(=O)c2ccc3c4c(ccc1c24)-c1ccccc1-3.O=c1oc(=O)c2c1cc1ccc3cccc4ccc2c1c34.O=c1oc(=O)c2c3cccc4ccc5cccc(c12)c5c43. The predicted molar refractivity (Wildman–Crippen MR) is 480 cm³/mol. The number of carbonyl (C=O) groups excluding carboxylic acids is 8. The van der Waals surface area contributed by atoms with Crippen LogP contribution in [0.4, 0.5) is 0 Å². The number of furan rings is 2. The number of benzene rings is 20. The van der Waals surface area contributed by atoms with Crippen molar-refractivity contribution < 1.29 is 66.1 Å². The number of ether oxygens (including phenoxy) is 4. The van der Waals surface area contributed by atoms with Crippen molar-refractivity contribution in [3.05, 3.63) is 377 Å². The molecule has 126 heavy (non-hydrogen) atoms. The number of hydrogen-bond acceptors (Lipinski definition) is 18. The van der Waals surface area contributed by atoms with E-state index in [1.807, 2.05) is 206 Å². The molecule has 0 spiro atoms. The van der Waals surface area contributed by atoms with E-state index in [0.29, 0.717) is 66.1 Å². The molecule has 4 aliphatic heterocycles. The zero-order valence-electron chi connectivity index (χ0n) is 65.1. The first-order chi connectivity index (χ1) is 61.5. The van der Waals surface area contributed by atoms with Crippen LogP contribution in [0.5, 0.6) is 0 Å². The van der Waals surface area contributed by atoms with Gasteiger partial charge in [0.1, 0.15) is 0 Å². The average molecular weight is 1630 g/mol. The molecule has 20 aromatic carbocycles. The molecule has 18 nitrogen and oxygen atoms in total. The van der Waals surface area contributed by atoms with Gasteiger partial charge < -0.3 is 27.8 Å². The summed E-state index contributed by atoms with van der Waals surface area (Å²) in [5.74, 6) is -4.43. The Bertz CT molecular complexity index is 8970. The van der Waals surface area contributed by atoms with E-state index in [1.54, 1.807) is 42.5 Å². The third kappa shape index (κ3) is 9.84. The van der Waals surface area contributed by atoms with E-state index in [4.69, 9.17) is 27.8 Å². The van der Waals surface area contributed by atoms with Gasteiger partial charge in [-0.15, -0.1) is 0 Å². The van der Waals surface area contributed by atoms with Crippen LogP contribution < -0.4 is 22.5 Å². The zero-order chi connectivity index (χ0) is 84.8. The molecule has 6 heterocycles. The minimum atomic E-state index is -0.563. The second-order valence-electron chi connectivity index (χ2n) is 31.9. The molecule has 0 unspecified atom stereocenters. The van der Waals surface area contributed by atoms with E-state index >= 15 is 0 Å². The van der Waals surface area contributed by atoms with Crippen molar-refractivity contribution in [3.63, 3.8) is 0 Å². The summed E-state index contributed by atoms with van der Waals surface area (Å²) in [4.78, 5) is 143. The van der Waals surface area contributed by atoms with Gasteiger partial charge in [-0.2, -0.15) is 0 Å². The Hall–Kier alpha value is -17.6. The Kier molecular flexibility index (Phi) is 14.7. The number of hydrogen-bond donors (Lipinski definition) is 0. The second-order valence-corrected chi connectivity index (χ2v) is 31.9. The lowest BCUT2D eigenvalue weighted by Crippen LogP contribution is -2.19. The molecule has 2 aromatic heterocycles. The zero-order valence-corrected chi connectivity index (χ0v) is 65.1. The standard InChI is InChI=1S/6C18H8O3/c19-17-14-7-12-10-5-1-3-9-4-2-6-11(16(9)10)13(12)8-15(14)18(20)21-17;19-17-15-11-5-1-3-9-7-8-10-4-2-6-12(14(10)13(9)11)16(15)18(20)21-17;19-17-13-8-9-4-3-7-11-10-5-1-2-6-12(10)15(14(9)11)16(13)18(20)21-17;19-17-14-8-13-10-5-2-1-4-9(10)11-6-3-7-12(15(11)13)16(14)18(20)21-17;19-17-13-8-11-5-4-9-2-1-3-10-6-7-12(15(11)14(9)10)16(13)18(20)21-17;19-17-13-7-5-11-9-3-1-2-4-10(9)12-6-8-14(18(20)21-17)16(13)15(11)12/h6*1-8H. The molecule has 0 amide bonds. The normalized spacial score (nSPS) is 13.6. The third-order valence-electron chi connectivity index (χ3n) is 25.6. The Morgan fingerprint density at radius 1 is 0.135 bits per heavy atom.